The Kier molecular flexibility index (Phi) is 4.43. The van der Waals surface area contributed by atoms with Gasteiger partial charge in [0.25, 0.3) is 0 Å². The van der Waals surface area contributed by atoms with E-state index in [1.807, 2.05) is 6.92 Å². The summed E-state index contributed by atoms with van der Waals surface area (Å²) in [6.45, 7) is 2.57. The van der Waals surface area contributed by atoms with Gasteiger partial charge in [-0.2, -0.15) is 0 Å². The molecule has 0 aliphatic heterocycles. The molecule has 1 aromatic rings. The smallest absolute Gasteiger partial charge is 0.307 e. The molecule has 0 radical (unpaired) electrons. The van der Waals surface area contributed by atoms with Gasteiger partial charge in [-0.1, -0.05) is 24.6 Å². The lowest BCUT2D eigenvalue weighted by Gasteiger charge is -2.08. The Balaban J connectivity index is 2.79. The number of ether oxygens (including phenoxy) is 1. The van der Waals surface area contributed by atoms with Crippen molar-refractivity contribution in [1.29, 1.82) is 0 Å². The first-order valence-corrected chi connectivity index (χ1v) is 5.14. The molecule has 1 rings (SSSR count). The summed E-state index contributed by atoms with van der Waals surface area (Å²) in [4.78, 5) is 10.5. The molecular formula is C11H13ClO3. The Bertz CT molecular complexity index is 350. The molecule has 0 amide bonds. The predicted octanol–water partition coefficient (Wildman–Crippen LogP) is 2.76. The SMILES string of the molecule is CCCOc1cc(CC(=O)O)ccc1Cl. The maximum atomic E-state index is 10.5. The standard InChI is InChI=1S/C11H13ClO3/c1-2-5-15-10-6-8(7-11(13)14)3-4-9(10)12/h3-4,6H,2,5,7H2,1H3,(H,13,14). The first kappa shape index (κ1) is 11.9. The van der Waals surface area contributed by atoms with Crippen LogP contribution in [0.3, 0.4) is 0 Å². The van der Waals surface area contributed by atoms with Crippen LogP contribution in [0.4, 0.5) is 0 Å². The maximum Gasteiger partial charge on any atom is 0.307 e. The van der Waals surface area contributed by atoms with Crippen LogP contribution < -0.4 is 4.74 Å². The van der Waals surface area contributed by atoms with E-state index < -0.39 is 5.97 Å². The van der Waals surface area contributed by atoms with Crippen molar-refractivity contribution in [2.75, 3.05) is 6.61 Å². The van der Waals surface area contributed by atoms with Gasteiger partial charge in [-0.25, -0.2) is 0 Å². The van der Waals surface area contributed by atoms with E-state index in [1.54, 1.807) is 18.2 Å². The molecule has 0 saturated heterocycles. The Morgan fingerprint density at radius 3 is 2.87 bits per heavy atom. The normalized spacial score (nSPS) is 10.0. The predicted molar refractivity (Wildman–Crippen MR) is 58.6 cm³/mol. The van der Waals surface area contributed by atoms with Crippen LogP contribution in [0.5, 0.6) is 5.75 Å². The number of halogens is 1. The molecule has 0 aliphatic carbocycles. The Hall–Kier alpha value is -1.22. The van der Waals surface area contributed by atoms with E-state index >= 15 is 0 Å². The molecule has 0 fully saturated rings. The fourth-order valence-electron chi connectivity index (χ4n) is 1.15. The van der Waals surface area contributed by atoms with Gasteiger partial charge < -0.3 is 9.84 Å². The van der Waals surface area contributed by atoms with Crippen molar-refractivity contribution in [2.45, 2.75) is 19.8 Å². The number of hydrogen-bond donors (Lipinski definition) is 1. The van der Waals surface area contributed by atoms with Crippen molar-refractivity contribution < 1.29 is 14.6 Å². The second-order valence-corrected chi connectivity index (χ2v) is 3.59. The van der Waals surface area contributed by atoms with E-state index in [0.29, 0.717) is 22.9 Å². The molecule has 0 saturated carbocycles. The van der Waals surface area contributed by atoms with E-state index in [-0.39, 0.29) is 6.42 Å². The summed E-state index contributed by atoms with van der Waals surface area (Å²) in [6, 6.07) is 5.02. The fraction of sp³-hybridized carbons (Fsp3) is 0.364. The van der Waals surface area contributed by atoms with E-state index in [2.05, 4.69) is 0 Å². The number of rotatable bonds is 5. The van der Waals surface area contributed by atoms with Crippen LogP contribution >= 0.6 is 11.6 Å². The van der Waals surface area contributed by atoms with Gasteiger partial charge in [-0.05, 0) is 24.1 Å². The van der Waals surface area contributed by atoms with Crippen molar-refractivity contribution in [1.82, 2.24) is 0 Å². The first-order chi connectivity index (χ1) is 7.13. The molecule has 0 atom stereocenters. The van der Waals surface area contributed by atoms with Gasteiger partial charge in [0, 0.05) is 0 Å². The van der Waals surface area contributed by atoms with E-state index in [1.165, 1.54) is 0 Å². The fourth-order valence-corrected chi connectivity index (χ4v) is 1.33. The average Bonchev–Trinajstić information content (AvgIpc) is 2.18. The highest BCUT2D eigenvalue weighted by Crippen LogP contribution is 2.25. The monoisotopic (exact) mass is 228 g/mol. The zero-order chi connectivity index (χ0) is 11.3. The van der Waals surface area contributed by atoms with Crippen LogP contribution in [0, 0.1) is 0 Å². The molecular weight excluding hydrogens is 216 g/mol. The molecule has 0 aliphatic rings. The molecule has 15 heavy (non-hydrogen) atoms. The third kappa shape index (κ3) is 3.80. The van der Waals surface area contributed by atoms with Crippen molar-refractivity contribution >= 4 is 17.6 Å². The highest BCUT2D eigenvalue weighted by Gasteiger charge is 2.05. The molecule has 0 bridgehead atoms. The van der Waals surface area contributed by atoms with Crippen LogP contribution in [-0.4, -0.2) is 17.7 Å². The number of benzene rings is 1. The second kappa shape index (κ2) is 5.61. The van der Waals surface area contributed by atoms with Crippen LogP contribution in [-0.2, 0) is 11.2 Å². The molecule has 3 nitrogen and oxygen atoms in total. The summed E-state index contributed by atoms with van der Waals surface area (Å²) in [7, 11) is 0. The lowest BCUT2D eigenvalue weighted by molar-refractivity contribution is -0.136. The van der Waals surface area contributed by atoms with Gasteiger partial charge in [-0.15, -0.1) is 0 Å². The summed E-state index contributed by atoms with van der Waals surface area (Å²) in [6.07, 6.45) is 0.874. The largest absolute Gasteiger partial charge is 0.492 e. The number of aliphatic carboxylic acids is 1. The molecule has 1 N–H and O–H groups in total. The molecule has 4 heteroatoms. The van der Waals surface area contributed by atoms with Gasteiger partial charge in [0.15, 0.2) is 0 Å². The second-order valence-electron chi connectivity index (χ2n) is 3.18. The van der Waals surface area contributed by atoms with Crippen LogP contribution in [0.25, 0.3) is 0 Å². The third-order valence-electron chi connectivity index (χ3n) is 1.81. The van der Waals surface area contributed by atoms with Gasteiger partial charge in [0.2, 0.25) is 0 Å². The Morgan fingerprint density at radius 2 is 2.27 bits per heavy atom. The van der Waals surface area contributed by atoms with Crippen molar-refractivity contribution in [3.8, 4) is 5.75 Å². The van der Waals surface area contributed by atoms with Gasteiger partial charge in [0.1, 0.15) is 5.75 Å². The summed E-state index contributed by atoms with van der Waals surface area (Å²) in [5, 5.41) is 9.14. The molecule has 0 heterocycles. The lowest BCUT2D eigenvalue weighted by Crippen LogP contribution is -2.01. The van der Waals surface area contributed by atoms with E-state index in [0.717, 1.165) is 6.42 Å². The van der Waals surface area contributed by atoms with Gasteiger partial charge in [-0.3, -0.25) is 4.79 Å². The summed E-state index contributed by atoms with van der Waals surface area (Å²) < 4.78 is 5.38. The number of carboxylic acid groups (broad SMARTS) is 1. The highest BCUT2D eigenvalue weighted by molar-refractivity contribution is 6.32. The van der Waals surface area contributed by atoms with Crippen LogP contribution in [0.15, 0.2) is 18.2 Å². The number of carbonyl (C=O) groups is 1. The van der Waals surface area contributed by atoms with Crippen LogP contribution in [0.1, 0.15) is 18.9 Å². The van der Waals surface area contributed by atoms with Crippen molar-refractivity contribution in [3.63, 3.8) is 0 Å². The molecule has 0 unspecified atom stereocenters. The minimum atomic E-state index is -0.862. The summed E-state index contributed by atoms with van der Waals surface area (Å²) in [5.74, 6) is -0.309. The van der Waals surface area contributed by atoms with Crippen molar-refractivity contribution in [3.05, 3.63) is 28.8 Å². The van der Waals surface area contributed by atoms with Crippen molar-refractivity contribution in [2.24, 2.45) is 0 Å². The molecule has 0 spiro atoms. The zero-order valence-electron chi connectivity index (χ0n) is 8.50. The van der Waals surface area contributed by atoms with Crippen LogP contribution in [0.2, 0.25) is 5.02 Å². The lowest BCUT2D eigenvalue weighted by atomic mass is 10.1. The third-order valence-corrected chi connectivity index (χ3v) is 2.12. The Labute approximate surface area is 93.6 Å². The number of hydrogen-bond acceptors (Lipinski definition) is 2. The average molecular weight is 229 g/mol. The Morgan fingerprint density at radius 1 is 1.53 bits per heavy atom. The quantitative estimate of drug-likeness (QED) is 0.843. The first-order valence-electron chi connectivity index (χ1n) is 4.76. The maximum absolute atomic E-state index is 10.5. The number of carboxylic acids is 1. The van der Waals surface area contributed by atoms with E-state index in [9.17, 15) is 4.79 Å². The minimum Gasteiger partial charge on any atom is -0.492 e. The minimum absolute atomic E-state index is 0.0142. The molecule has 82 valence electrons. The van der Waals surface area contributed by atoms with Gasteiger partial charge >= 0.3 is 5.97 Å². The topological polar surface area (TPSA) is 46.5 Å². The van der Waals surface area contributed by atoms with E-state index in [4.69, 9.17) is 21.4 Å². The highest BCUT2D eigenvalue weighted by atomic mass is 35.5. The zero-order valence-corrected chi connectivity index (χ0v) is 9.25. The molecule has 1 aromatic carbocycles. The summed E-state index contributed by atoms with van der Waals surface area (Å²) >= 11 is 5.90. The molecule has 0 aromatic heterocycles. The summed E-state index contributed by atoms with van der Waals surface area (Å²) in [5.41, 5.74) is 0.693. The van der Waals surface area contributed by atoms with Gasteiger partial charge in [0.05, 0.1) is 18.1 Å².